The highest BCUT2D eigenvalue weighted by atomic mass is 79.9. The molecule has 0 saturated carbocycles. The van der Waals surface area contributed by atoms with E-state index in [9.17, 15) is 4.79 Å². The Bertz CT molecular complexity index is 1280. The zero-order valence-corrected chi connectivity index (χ0v) is 17.5. The molecule has 0 saturated heterocycles. The smallest absolute Gasteiger partial charge is 0.262 e. The molecule has 0 aliphatic rings. The summed E-state index contributed by atoms with van der Waals surface area (Å²) in [4.78, 5) is 21.9. The largest absolute Gasteiger partial charge is 0.438 e. The van der Waals surface area contributed by atoms with Crippen molar-refractivity contribution in [1.29, 1.82) is 0 Å². The summed E-state index contributed by atoms with van der Waals surface area (Å²) in [5.74, 6) is 0.135. The minimum atomic E-state index is -0.334. The Morgan fingerprint density at radius 1 is 1.07 bits per heavy atom. The number of halogens is 1. The first kappa shape index (κ1) is 19.1. The minimum Gasteiger partial charge on any atom is -0.438 e. The molecule has 1 amide bonds. The lowest BCUT2D eigenvalue weighted by molar-refractivity contribution is 0.102. The monoisotopic (exact) mass is 447 g/mol. The van der Waals surface area contributed by atoms with E-state index in [-0.39, 0.29) is 11.5 Å². The molecule has 0 aliphatic carbocycles. The standard InChI is InChI=1S/C23H18BrN3O2/c1-14-7-10-21(25-13-14)27-22(28)18-12-16-11-17(24)8-9-20(16)29-23(18)26-19-6-4-3-5-15(19)2/h3-13H,1-2H3,(H,25,27,28). The van der Waals surface area contributed by atoms with Crippen LogP contribution in [0.5, 0.6) is 0 Å². The molecule has 5 nitrogen and oxygen atoms in total. The quantitative estimate of drug-likeness (QED) is 0.438. The van der Waals surface area contributed by atoms with Crippen LogP contribution in [0.3, 0.4) is 0 Å². The first-order chi connectivity index (χ1) is 14.0. The molecule has 0 fully saturated rings. The lowest BCUT2D eigenvalue weighted by atomic mass is 10.1. The summed E-state index contributed by atoms with van der Waals surface area (Å²) in [5.41, 5.74) is 3.98. The summed E-state index contributed by atoms with van der Waals surface area (Å²) in [5, 5.41) is 3.62. The third-order valence-electron chi connectivity index (χ3n) is 4.44. The van der Waals surface area contributed by atoms with E-state index in [1.165, 1.54) is 0 Å². The number of benzene rings is 2. The molecule has 4 aromatic rings. The summed E-state index contributed by atoms with van der Waals surface area (Å²) >= 11 is 3.46. The highest BCUT2D eigenvalue weighted by molar-refractivity contribution is 9.10. The van der Waals surface area contributed by atoms with Crippen LogP contribution in [0.2, 0.25) is 0 Å². The Morgan fingerprint density at radius 2 is 1.90 bits per heavy atom. The van der Waals surface area contributed by atoms with Crippen LogP contribution in [-0.4, -0.2) is 10.9 Å². The van der Waals surface area contributed by atoms with Crippen molar-refractivity contribution in [2.75, 3.05) is 5.32 Å². The van der Waals surface area contributed by atoms with Crippen molar-refractivity contribution in [3.05, 3.63) is 93.6 Å². The molecule has 2 heterocycles. The molecule has 2 aromatic carbocycles. The minimum absolute atomic E-state index is 0.249. The number of fused-ring (bicyclic) bond motifs is 1. The Kier molecular flexibility index (Phi) is 5.27. The first-order valence-electron chi connectivity index (χ1n) is 9.07. The zero-order valence-electron chi connectivity index (χ0n) is 15.9. The Morgan fingerprint density at radius 3 is 2.66 bits per heavy atom. The van der Waals surface area contributed by atoms with Crippen molar-refractivity contribution in [1.82, 2.24) is 4.98 Å². The van der Waals surface area contributed by atoms with Crippen LogP contribution in [0, 0.1) is 13.8 Å². The molecule has 2 aromatic heterocycles. The topological polar surface area (TPSA) is 67.5 Å². The lowest BCUT2D eigenvalue weighted by Crippen LogP contribution is -2.22. The number of amides is 1. The van der Waals surface area contributed by atoms with Crippen molar-refractivity contribution in [2.45, 2.75) is 13.8 Å². The summed E-state index contributed by atoms with van der Waals surface area (Å²) in [7, 11) is 0. The van der Waals surface area contributed by atoms with Gasteiger partial charge in [0.15, 0.2) is 0 Å². The van der Waals surface area contributed by atoms with Gasteiger partial charge in [-0.1, -0.05) is 40.2 Å². The van der Waals surface area contributed by atoms with Gasteiger partial charge in [-0.3, -0.25) is 4.79 Å². The predicted octanol–water partition coefficient (Wildman–Crippen LogP) is 5.69. The molecular formula is C23H18BrN3O2. The van der Waals surface area contributed by atoms with Crippen LogP contribution < -0.4 is 10.9 Å². The second kappa shape index (κ2) is 8.01. The van der Waals surface area contributed by atoms with Crippen LogP contribution in [0.4, 0.5) is 11.5 Å². The number of anilines is 1. The molecule has 0 radical (unpaired) electrons. The summed E-state index contributed by atoms with van der Waals surface area (Å²) in [6, 6.07) is 18.8. The van der Waals surface area contributed by atoms with Gasteiger partial charge in [0.1, 0.15) is 17.0 Å². The Labute approximate surface area is 176 Å². The van der Waals surface area contributed by atoms with E-state index in [1.54, 1.807) is 18.3 Å². The number of pyridine rings is 1. The maximum atomic E-state index is 13.0. The molecule has 144 valence electrons. The van der Waals surface area contributed by atoms with Crippen LogP contribution in [0.25, 0.3) is 11.0 Å². The van der Waals surface area contributed by atoms with Gasteiger partial charge in [-0.15, -0.1) is 0 Å². The van der Waals surface area contributed by atoms with Crippen LogP contribution >= 0.6 is 15.9 Å². The van der Waals surface area contributed by atoms with Gasteiger partial charge in [0.05, 0.1) is 5.69 Å². The van der Waals surface area contributed by atoms with Crippen molar-refractivity contribution in [3.8, 4) is 0 Å². The average Bonchev–Trinajstić information content (AvgIpc) is 2.71. The van der Waals surface area contributed by atoms with Gasteiger partial charge in [0, 0.05) is 16.1 Å². The van der Waals surface area contributed by atoms with E-state index in [1.807, 2.05) is 62.4 Å². The number of hydrogen-bond acceptors (Lipinski definition) is 4. The zero-order chi connectivity index (χ0) is 20.4. The number of nitrogens with one attached hydrogen (secondary N) is 1. The number of para-hydroxylation sites is 1. The fourth-order valence-corrected chi connectivity index (χ4v) is 3.25. The van der Waals surface area contributed by atoms with Crippen molar-refractivity contribution in [3.63, 3.8) is 0 Å². The molecule has 0 aliphatic heterocycles. The third kappa shape index (κ3) is 4.27. The van der Waals surface area contributed by atoms with E-state index in [0.717, 1.165) is 26.7 Å². The summed E-state index contributed by atoms with van der Waals surface area (Å²) < 4.78 is 6.91. The summed E-state index contributed by atoms with van der Waals surface area (Å²) in [6.07, 6.45) is 1.70. The van der Waals surface area contributed by atoms with Crippen molar-refractivity contribution >= 4 is 44.3 Å². The van der Waals surface area contributed by atoms with Gasteiger partial charge in [-0.25, -0.2) is 9.98 Å². The first-order valence-corrected chi connectivity index (χ1v) is 9.87. The van der Waals surface area contributed by atoms with Gasteiger partial charge in [-0.05, 0) is 61.4 Å². The fraction of sp³-hybridized carbons (Fsp3) is 0.0870. The molecule has 0 unspecified atom stereocenters. The molecular weight excluding hydrogens is 430 g/mol. The van der Waals surface area contributed by atoms with E-state index in [2.05, 4.69) is 31.2 Å². The number of aryl methyl sites for hydroxylation is 2. The van der Waals surface area contributed by atoms with E-state index < -0.39 is 0 Å². The SMILES string of the molecule is Cc1ccc(NC(=O)c2cc3cc(Br)ccc3oc2=Nc2ccccc2C)nc1. The predicted molar refractivity (Wildman–Crippen MR) is 117 cm³/mol. The van der Waals surface area contributed by atoms with E-state index in [0.29, 0.717) is 17.0 Å². The van der Waals surface area contributed by atoms with Crippen LogP contribution in [-0.2, 0) is 0 Å². The molecule has 6 heteroatoms. The number of hydrogen-bond donors (Lipinski definition) is 1. The highest BCUT2D eigenvalue weighted by Gasteiger charge is 2.14. The number of rotatable bonds is 3. The molecule has 0 spiro atoms. The third-order valence-corrected chi connectivity index (χ3v) is 4.94. The van der Waals surface area contributed by atoms with Crippen molar-refractivity contribution < 1.29 is 9.21 Å². The maximum absolute atomic E-state index is 13.0. The second-order valence-electron chi connectivity index (χ2n) is 6.72. The number of nitrogens with zero attached hydrogens (tertiary/aromatic N) is 2. The van der Waals surface area contributed by atoms with Gasteiger partial charge in [-0.2, -0.15) is 0 Å². The van der Waals surface area contributed by atoms with E-state index >= 15 is 0 Å². The number of aromatic nitrogens is 1. The molecule has 4 rings (SSSR count). The van der Waals surface area contributed by atoms with Gasteiger partial charge < -0.3 is 9.73 Å². The Balaban J connectivity index is 1.86. The second-order valence-corrected chi connectivity index (χ2v) is 7.64. The van der Waals surface area contributed by atoms with Gasteiger partial charge in [0.25, 0.3) is 5.91 Å². The average molecular weight is 448 g/mol. The molecule has 29 heavy (non-hydrogen) atoms. The normalized spacial score (nSPS) is 11.6. The number of carbonyl (C=O) groups excluding carboxylic acids is 1. The maximum Gasteiger partial charge on any atom is 0.262 e. The molecule has 1 N–H and O–H groups in total. The van der Waals surface area contributed by atoms with E-state index in [4.69, 9.17) is 4.42 Å². The summed E-state index contributed by atoms with van der Waals surface area (Å²) in [6.45, 7) is 3.91. The molecule has 0 atom stereocenters. The van der Waals surface area contributed by atoms with Gasteiger partial charge >= 0.3 is 0 Å². The van der Waals surface area contributed by atoms with Gasteiger partial charge in [0.2, 0.25) is 5.55 Å². The van der Waals surface area contributed by atoms with Crippen LogP contribution in [0.1, 0.15) is 21.5 Å². The highest BCUT2D eigenvalue weighted by Crippen LogP contribution is 2.21. The van der Waals surface area contributed by atoms with Crippen LogP contribution in [0.15, 0.2) is 80.7 Å². The fourth-order valence-electron chi connectivity index (χ4n) is 2.87. The molecule has 0 bridgehead atoms. The lowest BCUT2D eigenvalue weighted by Gasteiger charge is -2.07. The number of carbonyl (C=O) groups is 1. The Hall–Kier alpha value is -3.25. The van der Waals surface area contributed by atoms with Crippen molar-refractivity contribution in [2.24, 2.45) is 4.99 Å².